The number of likely N-dealkylation sites (tertiary alicyclic amines) is 2. The molecule has 7 heteroatoms. The van der Waals surface area contributed by atoms with Crippen LogP contribution >= 0.6 is 0 Å². The maximum atomic E-state index is 12.3. The van der Waals surface area contributed by atoms with Crippen molar-refractivity contribution in [2.24, 2.45) is 11.7 Å². The molecular weight excluding hydrogens is 274 g/mol. The summed E-state index contributed by atoms with van der Waals surface area (Å²) in [5.41, 5.74) is 5.31. The van der Waals surface area contributed by atoms with E-state index >= 15 is 0 Å². The van der Waals surface area contributed by atoms with Gasteiger partial charge in [0, 0.05) is 13.1 Å². The number of carboxylic acid groups (broad SMARTS) is 1. The second kappa shape index (κ2) is 6.89. The lowest BCUT2D eigenvalue weighted by molar-refractivity contribution is -0.146. The first-order chi connectivity index (χ1) is 9.99. The maximum Gasteiger partial charge on any atom is 0.320 e. The molecule has 7 nitrogen and oxygen atoms in total. The van der Waals surface area contributed by atoms with E-state index in [4.69, 9.17) is 5.73 Å². The maximum absolute atomic E-state index is 12.3. The first-order valence-electron chi connectivity index (χ1n) is 7.53. The number of amides is 2. The monoisotopic (exact) mass is 297 g/mol. The largest absolute Gasteiger partial charge is 0.480 e. The number of rotatable bonds is 4. The molecule has 0 aromatic rings. The number of carbonyl (C=O) groups is 3. The molecule has 2 rings (SSSR count). The molecule has 2 unspecified atom stereocenters. The average molecular weight is 297 g/mol. The Labute approximate surface area is 124 Å². The van der Waals surface area contributed by atoms with Crippen LogP contribution in [-0.2, 0) is 14.4 Å². The number of nitrogens with two attached hydrogens (primary N) is 1. The normalized spacial score (nSPS) is 27.3. The number of carboxylic acids is 1. The highest BCUT2D eigenvalue weighted by Gasteiger charge is 2.32. The van der Waals surface area contributed by atoms with E-state index in [0.29, 0.717) is 26.1 Å². The second-order valence-corrected chi connectivity index (χ2v) is 5.90. The second-order valence-electron chi connectivity index (χ2n) is 5.90. The molecule has 2 atom stereocenters. The van der Waals surface area contributed by atoms with Gasteiger partial charge in [0.05, 0.1) is 12.5 Å². The fourth-order valence-corrected chi connectivity index (χ4v) is 3.17. The highest BCUT2D eigenvalue weighted by molar-refractivity contribution is 5.82. The van der Waals surface area contributed by atoms with Gasteiger partial charge in [-0.1, -0.05) is 6.42 Å². The first kappa shape index (κ1) is 15.8. The lowest BCUT2D eigenvalue weighted by atomic mass is 9.97. The highest BCUT2D eigenvalue weighted by Crippen LogP contribution is 2.19. The minimum atomic E-state index is -0.865. The number of hydrogen-bond donors (Lipinski definition) is 2. The zero-order valence-electron chi connectivity index (χ0n) is 12.2. The van der Waals surface area contributed by atoms with Crippen LogP contribution in [0, 0.1) is 5.92 Å². The van der Waals surface area contributed by atoms with Gasteiger partial charge in [0.1, 0.15) is 6.04 Å². The smallest absolute Gasteiger partial charge is 0.320 e. The lowest BCUT2D eigenvalue weighted by Gasteiger charge is -2.36. The Morgan fingerprint density at radius 3 is 2.52 bits per heavy atom. The number of hydrogen-bond acceptors (Lipinski definition) is 4. The van der Waals surface area contributed by atoms with Gasteiger partial charge < -0.3 is 15.7 Å². The van der Waals surface area contributed by atoms with Gasteiger partial charge in [0.15, 0.2) is 0 Å². The number of piperidine rings is 2. The molecule has 2 saturated heterocycles. The van der Waals surface area contributed by atoms with E-state index in [0.717, 1.165) is 25.7 Å². The van der Waals surface area contributed by atoms with Crippen LogP contribution < -0.4 is 5.73 Å². The standard InChI is InChI=1S/C14H23N3O4/c15-13(19)10-4-3-7-17(8-10)12(18)9-16-6-2-1-5-11(16)14(20)21/h10-11H,1-9H2,(H2,15,19)(H,20,21). The van der Waals surface area contributed by atoms with Crippen LogP contribution in [0.2, 0.25) is 0 Å². The van der Waals surface area contributed by atoms with Crippen molar-refractivity contribution in [3.63, 3.8) is 0 Å². The quantitative estimate of drug-likeness (QED) is 0.738. The topological polar surface area (TPSA) is 104 Å². The number of aliphatic carboxylic acids is 1. The molecule has 21 heavy (non-hydrogen) atoms. The van der Waals surface area contributed by atoms with E-state index in [1.165, 1.54) is 0 Å². The predicted octanol–water partition coefficient (Wildman–Crippen LogP) is -0.351. The molecule has 0 spiro atoms. The minimum absolute atomic E-state index is 0.103. The Kier molecular flexibility index (Phi) is 5.17. The Morgan fingerprint density at radius 1 is 1.10 bits per heavy atom. The molecule has 3 N–H and O–H groups in total. The van der Waals surface area contributed by atoms with Crippen molar-refractivity contribution in [3.05, 3.63) is 0 Å². The summed E-state index contributed by atoms with van der Waals surface area (Å²) >= 11 is 0. The molecule has 118 valence electrons. The molecule has 2 aliphatic heterocycles. The van der Waals surface area contributed by atoms with Gasteiger partial charge >= 0.3 is 5.97 Å². The molecule has 2 amide bonds. The molecule has 0 bridgehead atoms. The third-order valence-electron chi connectivity index (χ3n) is 4.41. The number of carbonyl (C=O) groups excluding carboxylic acids is 2. The van der Waals surface area contributed by atoms with E-state index in [1.807, 2.05) is 0 Å². The van der Waals surface area contributed by atoms with E-state index in [1.54, 1.807) is 9.80 Å². The van der Waals surface area contributed by atoms with Gasteiger partial charge in [-0.05, 0) is 32.2 Å². The fraction of sp³-hybridized carbons (Fsp3) is 0.786. The van der Waals surface area contributed by atoms with Gasteiger partial charge in [-0.3, -0.25) is 19.3 Å². The summed E-state index contributed by atoms with van der Waals surface area (Å²) in [6, 6.07) is -0.570. The van der Waals surface area contributed by atoms with E-state index < -0.39 is 12.0 Å². The van der Waals surface area contributed by atoms with Crippen molar-refractivity contribution in [1.29, 1.82) is 0 Å². The Hall–Kier alpha value is -1.63. The molecular formula is C14H23N3O4. The molecule has 0 saturated carbocycles. The van der Waals surface area contributed by atoms with Crippen LogP contribution in [-0.4, -0.2) is 64.9 Å². The van der Waals surface area contributed by atoms with Gasteiger partial charge in [-0.15, -0.1) is 0 Å². The molecule has 0 aromatic heterocycles. The first-order valence-corrected chi connectivity index (χ1v) is 7.53. The van der Waals surface area contributed by atoms with Crippen molar-refractivity contribution >= 4 is 17.8 Å². The molecule has 0 radical (unpaired) electrons. The fourth-order valence-electron chi connectivity index (χ4n) is 3.17. The van der Waals surface area contributed by atoms with Crippen molar-refractivity contribution in [2.45, 2.75) is 38.1 Å². The molecule has 0 aromatic carbocycles. The summed E-state index contributed by atoms with van der Waals surface area (Å²) in [7, 11) is 0. The third kappa shape index (κ3) is 3.93. The van der Waals surface area contributed by atoms with Crippen LogP contribution in [0.15, 0.2) is 0 Å². The van der Waals surface area contributed by atoms with Gasteiger partial charge in [0.25, 0.3) is 0 Å². The summed E-state index contributed by atoms with van der Waals surface area (Å²) < 4.78 is 0. The van der Waals surface area contributed by atoms with Crippen LogP contribution in [0.4, 0.5) is 0 Å². The van der Waals surface area contributed by atoms with E-state index in [-0.39, 0.29) is 24.3 Å². The summed E-state index contributed by atoms with van der Waals surface area (Å²) in [6.07, 6.45) is 3.88. The van der Waals surface area contributed by atoms with Crippen molar-refractivity contribution < 1.29 is 19.5 Å². The average Bonchev–Trinajstić information content (AvgIpc) is 2.47. The van der Waals surface area contributed by atoms with E-state index in [2.05, 4.69) is 0 Å². The zero-order valence-corrected chi connectivity index (χ0v) is 12.2. The van der Waals surface area contributed by atoms with Crippen molar-refractivity contribution in [2.75, 3.05) is 26.2 Å². The summed E-state index contributed by atoms with van der Waals surface area (Å²) in [6.45, 7) is 1.73. The third-order valence-corrected chi connectivity index (χ3v) is 4.41. The summed E-state index contributed by atoms with van der Waals surface area (Å²) in [4.78, 5) is 38.2. The minimum Gasteiger partial charge on any atom is -0.480 e. The Balaban J connectivity index is 1.93. The van der Waals surface area contributed by atoms with Gasteiger partial charge in [-0.2, -0.15) is 0 Å². The van der Waals surface area contributed by atoms with Crippen LogP contribution in [0.25, 0.3) is 0 Å². The molecule has 2 aliphatic rings. The zero-order chi connectivity index (χ0) is 15.4. The number of primary amides is 1. The highest BCUT2D eigenvalue weighted by atomic mass is 16.4. The van der Waals surface area contributed by atoms with Crippen molar-refractivity contribution in [1.82, 2.24) is 9.80 Å². The van der Waals surface area contributed by atoms with Crippen LogP contribution in [0.5, 0.6) is 0 Å². The van der Waals surface area contributed by atoms with Crippen LogP contribution in [0.3, 0.4) is 0 Å². The Morgan fingerprint density at radius 2 is 1.86 bits per heavy atom. The predicted molar refractivity (Wildman–Crippen MR) is 75.3 cm³/mol. The van der Waals surface area contributed by atoms with Crippen molar-refractivity contribution in [3.8, 4) is 0 Å². The van der Waals surface area contributed by atoms with Gasteiger partial charge in [-0.25, -0.2) is 0 Å². The van der Waals surface area contributed by atoms with E-state index in [9.17, 15) is 19.5 Å². The molecule has 2 fully saturated rings. The van der Waals surface area contributed by atoms with Gasteiger partial charge in [0.2, 0.25) is 11.8 Å². The summed E-state index contributed by atoms with van der Waals surface area (Å²) in [5.74, 6) is -1.61. The molecule has 0 aliphatic carbocycles. The lowest BCUT2D eigenvalue weighted by Crippen LogP contribution is -2.52. The summed E-state index contributed by atoms with van der Waals surface area (Å²) in [5, 5.41) is 9.22. The number of nitrogens with zero attached hydrogens (tertiary/aromatic N) is 2. The SMILES string of the molecule is NC(=O)C1CCCN(C(=O)CN2CCCCC2C(=O)O)C1. The Bertz CT molecular complexity index is 426. The van der Waals surface area contributed by atoms with Crippen LogP contribution in [0.1, 0.15) is 32.1 Å². The molecule has 2 heterocycles.